The minimum Gasteiger partial charge on any atom is -0.496 e. The summed E-state index contributed by atoms with van der Waals surface area (Å²) in [6, 6.07) is 11.1. The quantitative estimate of drug-likeness (QED) is 0.618. The molecule has 28 heavy (non-hydrogen) atoms. The van der Waals surface area contributed by atoms with Crippen LogP contribution in [-0.2, 0) is 21.4 Å². The van der Waals surface area contributed by atoms with Crippen molar-refractivity contribution in [3.63, 3.8) is 0 Å². The van der Waals surface area contributed by atoms with E-state index in [1.54, 1.807) is 0 Å². The molecule has 3 aromatic rings. The average Bonchev–Trinajstić information content (AvgIpc) is 3.14. The molecule has 0 unspecified atom stereocenters. The number of aromatic nitrogens is 2. The van der Waals surface area contributed by atoms with E-state index in [2.05, 4.69) is 10.1 Å². The summed E-state index contributed by atoms with van der Waals surface area (Å²) in [5.74, 6) is -0.215. The van der Waals surface area contributed by atoms with Crippen molar-refractivity contribution < 1.29 is 27.2 Å². The molecule has 10 heteroatoms. The van der Waals surface area contributed by atoms with Crippen molar-refractivity contribution in [2.24, 2.45) is 5.14 Å². The van der Waals surface area contributed by atoms with Gasteiger partial charge >= 0.3 is 5.97 Å². The lowest BCUT2D eigenvalue weighted by Gasteiger charge is -2.09. The smallest absolute Gasteiger partial charge is 0.342 e. The molecule has 0 radical (unpaired) electrons. The lowest BCUT2D eigenvalue weighted by atomic mass is 10.1. The van der Waals surface area contributed by atoms with E-state index in [-0.39, 0.29) is 28.7 Å². The highest BCUT2D eigenvalue weighted by Crippen LogP contribution is 2.24. The molecule has 0 atom stereocenters. The van der Waals surface area contributed by atoms with Crippen LogP contribution >= 0.6 is 0 Å². The molecule has 0 bridgehead atoms. The van der Waals surface area contributed by atoms with Crippen LogP contribution in [0.25, 0.3) is 11.4 Å². The monoisotopic (exact) mass is 403 g/mol. The molecule has 0 aliphatic heterocycles. The summed E-state index contributed by atoms with van der Waals surface area (Å²) in [5.41, 5.74) is 1.68. The van der Waals surface area contributed by atoms with Gasteiger partial charge in [0.2, 0.25) is 15.8 Å². The molecule has 0 amide bonds. The molecule has 0 saturated heterocycles. The van der Waals surface area contributed by atoms with Crippen molar-refractivity contribution in [1.82, 2.24) is 10.1 Å². The van der Waals surface area contributed by atoms with E-state index in [0.29, 0.717) is 5.82 Å². The Labute approximate surface area is 161 Å². The Morgan fingerprint density at radius 2 is 1.96 bits per heavy atom. The number of ether oxygens (including phenoxy) is 2. The fraction of sp³-hybridized carbons (Fsp3) is 0.167. The molecule has 1 aromatic heterocycles. The van der Waals surface area contributed by atoms with Gasteiger partial charge in [-0.25, -0.2) is 18.4 Å². The van der Waals surface area contributed by atoms with Crippen LogP contribution in [0.1, 0.15) is 21.8 Å². The second-order valence-corrected chi connectivity index (χ2v) is 7.37. The number of carbonyl (C=O) groups is 1. The largest absolute Gasteiger partial charge is 0.496 e. The number of rotatable bonds is 6. The first kappa shape index (κ1) is 19.5. The summed E-state index contributed by atoms with van der Waals surface area (Å²) in [7, 11) is -2.64. The summed E-state index contributed by atoms with van der Waals surface area (Å²) in [6.45, 7) is 1.62. The second-order valence-electron chi connectivity index (χ2n) is 5.81. The Hall–Kier alpha value is -3.24. The maximum absolute atomic E-state index is 12.4. The first-order valence-corrected chi connectivity index (χ1v) is 9.61. The summed E-state index contributed by atoms with van der Waals surface area (Å²) in [6.07, 6.45) is 0. The van der Waals surface area contributed by atoms with Gasteiger partial charge in [0.25, 0.3) is 5.89 Å². The zero-order valence-corrected chi connectivity index (χ0v) is 15.9. The van der Waals surface area contributed by atoms with Gasteiger partial charge in [-0.1, -0.05) is 29.4 Å². The number of nitrogens with two attached hydrogens (primary N) is 1. The Bertz CT molecular complexity index is 1120. The molecule has 2 N–H and O–H groups in total. The Balaban J connectivity index is 1.77. The predicted octanol–water partition coefficient (Wildman–Crippen LogP) is 2.06. The fourth-order valence-corrected chi connectivity index (χ4v) is 3.02. The molecule has 0 aliphatic carbocycles. The zero-order chi connectivity index (χ0) is 20.3. The molecule has 0 fully saturated rings. The van der Waals surface area contributed by atoms with Crippen LogP contribution < -0.4 is 9.88 Å². The first-order chi connectivity index (χ1) is 13.3. The number of carbonyl (C=O) groups excluding carboxylic acids is 1. The van der Waals surface area contributed by atoms with Crippen molar-refractivity contribution in [3.8, 4) is 17.1 Å². The molecule has 0 saturated carbocycles. The van der Waals surface area contributed by atoms with E-state index >= 15 is 0 Å². The van der Waals surface area contributed by atoms with Gasteiger partial charge in [0.15, 0.2) is 6.61 Å². The Morgan fingerprint density at radius 1 is 1.21 bits per heavy atom. The molecule has 0 aliphatic rings. The maximum Gasteiger partial charge on any atom is 0.342 e. The number of hydrogen-bond acceptors (Lipinski definition) is 8. The van der Waals surface area contributed by atoms with Crippen LogP contribution in [0.4, 0.5) is 0 Å². The van der Waals surface area contributed by atoms with E-state index in [9.17, 15) is 13.2 Å². The normalized spacial score (nSPS) is 11.2. The number of nitrogens with zero attached hydrogens (tertiary/aromatic N) is 2. The third-order valence-electron chi connectivity index (χ3n) is 3.90. The number of sulfonamides is 1. The van der Waals surface area contributed by atoms with Crippen LogP contribution in [0.3, 0.4) is 0 Å². The number of hydrogen-bond donors (Lipinski definition) is 1. The van der Waals surface area contributed by atoms with Crippen LogP contribution in [0.15, 0.2) is 51.9 Å². The van der Waals surface area contributed by atoms with Crippen molar-refractivity contribution >= 4 is 16.0 Å². The zero-order valence-electron chi connectivity index (χ0n) is 15.1. The van der Waals surface area contributed by atoms with Gasteiger partial charge in [0, 0.05) is 5.56 Å². The second kappa shape index (κ2) is 7.79. The molecular weight excluding hydrogens is 386 g/mol. The number of aryl methyl sites for hydroxylation is 1. The summed E-state index contributed by atoms with van der Waals surface area (Å²) in [4.78, 5) is 16.3. The van der Waals surface area contributed by atoms with E-state index < -0.39 is 16.0 Å². The highest BCUT2D eigenvalue weighted by atomic mass is 32.2. The van der Waals surface area contributed by atoms with Gasteiger partial charge in [0.1, 0.15) is 11.3 Å². The number of esters is 1. The van der Waals surface area contributed by atoms with E-state index in [1.807, 2.05) is 31.2 Å². The minimum absolute atomic E-state index is 0.0901. The van der Waals surface area contributed by atoms with Crippen LogP contribution in [0.5, 0.6) is 5.75 Å². The third-order valence-corrected chi connectivity index (χ3v) is 4.81. The summed E-state index contributed by atoms with van der Waals surface area (Å²) >= 11 is 0. The average molecular weight is 403 g/mol. The number of primary sulfonamides is 1. The third kappa shape index (κ3) is 4.18. The molecular formula is C18H17N3O6S. The van der Waals surface area contributed by atoms with E-state index in [0.717, 1.165) is 17.2 Å². The highest BCUT2D eigenvalue weighted by Gasteiger charge is 2.20. The van der Waals surface area contributed by atoms with Crippen molar-refractivity contribution in [2.45, 2.75) is 18.4 Å². The molecule has 146 valence electrons. The molecule has 3 rings (SSSR count). The van der Waals surface area contributed by atoms with E-state index in [4.69, 9.17) is 19.1 Å². The fourth-order valence-electron chi connectivity index (χ4n) is 2.48. The van der Waals surface area contributed by atoms with Gasteiger partial charge in [-0.05, 0) is 30.7 Å². The molecule has 0 spiro atoms. The predicted molar refractivity (Wildman–Crippen MR) is 98.0 cm³/mol. The van der Waals surface area contributed by atoms with Crippen LogP contribution in [0, 0.1) is 6.92 Å². The first-order valence-electron chi connectivity index (χ1n) is 8.06. The summed E-state index contributed by atoms with van der Waals surface area (Å²) < 4.78 is 38.3. The lowest BCUT2D eigenvalue weighted by molar-refractivity contribution is 0.0426. The number of methoxy groups -OCH3 is 1. The molecule has 2 aromatic carbocycles. The van der Waals surface area contributed by atoms with Gasteiger partial charge in [-0.3, -0.25) is 0 Å². The van der Waals surface area contributed by atoms with Crippen molar-refractivity contribution in [2.75, 3.05) is 7.11 Å². The standard InChI is InChI=1S/C18H17N3O6S/c1-11-5-3-4-6-13(11)17-20-16(27-21-17)10-26-18(22)14-9-12(28(19,23)24)7-8-15(14)25-2/h3-9H,10H2,1-2H3,(H2,19,23,24). The maximum atomic E-state index is 12.4. The Kier molecular flexibility index (Phi) is 5.43. The Morgan fingerprint density at radius 3 is 2.64 bits per heavy atom. The topological polar surface area (TPSA) is 135 Å². The van der Waals surface area contributed by atoms with Crippen LogP contribution in [0.2, 0.25) is 0 Å². The van der Waals surface area contributed by atoms with Crippen LogP contribution in [-0.4, -0.2) is 31.6 Å². The van der Waals surface area contributed by atoms with Gasteiger partial charge in [0.05, 0.1) is 12.0 Å². The lowest BCUT2D eigenvalue weighted by Crippen LogP contribution is -2.14. The minimum atomic E-state index is -3.99. The summed E-state index contributed by atoms with van der Waals surface area (Å²) in [5, 5.41) is 8.98. The van der Waals surface area contributed by atoms with Gasteiger partial charge < -0.3 is 14.0 Å². The highest BCUT2D eigenvalue weighted by molar-refractivity contribution is 7.89. The van der Waals surface area contributed by atoms with Crippen molar-refractivity contribution in [1.29, 1.82) is 0 Å². The van der Waals surface area contributed by atoms with Gasteiger partial charge in [-0.15, -0.1) is 0 Å². The number of benzene rings is 2. The molecule has 1 heterocycles. The molecule has 9 nitrogen and oxygen atoms in total. The SMILES string of the molecule is COc1ccc(S(N)(=O)=O)cc1C(=O)OCc1nc(-c2ccccc2C)no1. The van der Waals surface area contributed by atoms with Gasteiger partial charge in [-0.2, -0.15) is 4.98 Å². The van der Waals surface area contributed by atoms with Crippen molar-refractivity contribution in [3.05, 3.63) is 59.5 Å². The van der Waals surface area contributed by atoms with E-state index in [1.165, 1.54) is 19.2 Å².